The summed E-state index contributed by atoms with van der Waals surface area (Å²) in [4.78, 5) is 18.5. The fourth-order valence-corrected chi connectivity index (χ4v) is 2.36. The van der Waals surface area contributed by atoms with Gasteiger partial charge in [0.25, 0.3) is 5.91 Å². The van der Waals surface area contributed by atoms with Crippen molar-refractivity contribution >= 4 is 17.4 Å². The van der Waals surface area contributed by atoms with Gasteiger partial charge in [0.1, 0.15) is 4.88 Å². The summed E-state index contributed by atoms with van der Waals surface area (Å²) in [5, 5.41) is 3.95. The fraction of sp³-hybridized carbons (Fsp3) is 0.333. The lowest BCUT2D eigenvalue weighted by Crippen LogP contribution is -2.26. The minimum atomic E-state index is -0.0364. The maximum absolute atomic E-state index is 12.2. The standard InChI is InChI=1S/C12H14N4OS/c1-3-10-11(18-15-14-10)12(17)16(2)8-9-5-4-6-13-7-9/h4-7H,3,8H2,1-2H3. The minimum Gasteiger partial charge on any atom is -0.337 e. The highest BCUT2D eigenvalue weighted by molar-refractivity contribution is 7.07. The largest absolute Gasteiger partial charge is 0.337 e. The Balaban J connectivity index is 2.10. The van der Waals surface area contributed by atoms with Crippen molar-refractivity contribution in [2.24, 2.45) is 0 Å². The van der Waals surface area contributed by atoms with Gasteiger partial charge < -0.3 is 4.90 Å². The SMILES string of the molecule is CCc1nnsc1C(=O)N(C)Cc1cccnc1. The summed E-state index contributed by atoms with van der Waals surface area (Å²) in [5.74, 6) is -0.0364. The predicted molar refractivity (Wildman–Crippen MR) is 69.3 cm³/mol. The second-order valence-electron chi connectivity index (χ2n) is 3.92. The van der Waals surface area contributed by atoms with Gasteiger partial charge in [0.15, 0.2) is 0 Å². The summed E-state index contributed by atoms with van der Waals surface area (Å²) in [6, 6.07) is 3.81. The number of rotatable bonds is 4. The van der Waals surface area contributed by atoms with Crippen LogP contribution in [0.25, 0.3) is 0 Å². The van der Waals surface area contributed by atoms with E-state index >= 15 is 0 Å². The monoisotopic (exact) mass is 262 g/mol. The molecule has 0 spiro atoms. The van der Waals surface area contributed by atoms with Crippen molar-refractivity contribution in [3.05, 3.63) is 40.7 Å². The van der Waals surface area contributed by atoms with Crippen molar-refractivity contribution in [3.63, 3.8) is 0 Å². The van der Waals surface area contributed by atoms with Gasteiger partial charge in [-0.15, -0.1) is 5.10 Å². The van der Waals surface area contributed by atoms with Crippen LogP contribution in [0.5, 0.6) is 0 Å². The summed E-state index contributed by atoms with van der Waals surface area (Å²) in [6.07, 6.45) is 4.20. The van der Waals surface area contributed by atoms with Crippen molar-refractivity contribution in [3.8, 4) is 0 Å². The summed E-state index contributed by atoms with van der Waals surface area (Å²) in [5.41, 5.74) is 1.77. The molecule has 2 aromatic rings. The molecule has 0 aliphatic rings. The van der Waals surface area contributed by atoms with Crippen LogP contribution < -0.4 is 0 Å². The van der Waals surface area contributed by atoms with Gasteiger partial charge in [-0.1, -0.05) is 17.5 Å². The molecule has 0 aromatic carbocycles. The average molecular weight is 262 g/mol. The first kappa shape index (κ1) is 12.6. The average Bonchev–Trinajstić information content (AvgIpc) is 2.87. The second-order valence-corrected chi connectivity index (χ2v) is 4.68. The lowest BCUT2D eigenvalue weighted by atomic mass is 10.2. The van der Waals surface area contributed by atoms with Gasteiger partial charge >= 0.3 is 0 Å². The Morgan fingerprint density at radius 1 is 1.50 bits per heavy atom. The van der Waals surface area contributed by atoms with E-state index in [9.17, 15) is 4.79 Å². The third-order valence-corrected chi connectivity index (χ3v) is 3.33. The number of pyridine rings is 1. The van der Waals surface area contributed by atoms with Crippen LogP contribution >= 0.6 is 11.5 Å². The Morgan fingerprint density at radius 2 is 2.33 bits per heavy atom. The summed E-state index contributed by atoms with van der Waals surface area (Å²) in [7, 11) is 1.77. The summed E-state index contributed by atoms with van der Waals surface area (Å²) in [6.45, 7) is 2.50. The van der Waals surface area contributed by atoms with Gasteiger partial charge in [0.2, 0.25) is 0 Å². The molecular formula is C12H14N4OS. The molecule has 0 bridgehead atoms. The molecule has 1 amide bonds. The molecule has 0 atom stereocenters. The third kappa shape index (κ3) is 2.70. The lowest BCUT2D eigenvalue weighted by molar-refractivity contribution is 0.0788. The number of carbonyl (C=O) groups is 1. The molecule has 2 heterocycles. The number of amides is 1. The van der Waals surface area contributed by atoms with Crippen LogP contribution in [-0.4, -0.2) is 32.4 Å². The Kier molecular flexibility index (Phi) is 3.99. The molecule has 0 aliphatic heterocycles. The molecule has 6 heteroatoms. The van der Waals surface area contributed by atoms with E-state index in [4.69, 9.17) is 0 Å². The number of carbonyl (C=O) groups excluding carboxylic acids is 1. The quantitative estimate of drug-likeness (QED) is 0.842. The van der Waals surface area contributed by atoms with E-state index < -0.39 is 0 Å². The van der Waals surface area contributed by atoms with Crippen LogP contribution in [-0.2, 0) is 13.0 Å². The highest BCUT2D eigenvalue weighted by Gasteiger charge is 2.18. The molecule has 0 radical (unpaired) electrons. The van der Waals surface area contributed by atoms with Crippen LogP contribution in [0.3, 0.4) is 0 Å². The molecule has 0 fully saturated rings. The molecular weight excluding hydrogens is 248 g/mol. The van der Waals surface area contributed by atoms with E-state index in [1.165, 1.54) is 0 Å². The molecule has 0 unspecified atom stereocenters. The van der Waals surface area contributed by atoms with E-state index in [0.29, 0.717) is 11.4 Å². The molecule has 0 aliphatic carbocycles. The smallest absolute Gasteiger partial charge is 0.267 e. The zero-order valence-corrected chi connectivity index (χ0v) is 11.1. The first-order chi connectivity index (χ1) is 8.72. The van der Waals surface area contributed by atoms with Crippen molar-refractivity contribution in [1.82, 2.24) is 19.5 Å². The zero-order chi connectivity index (χ0) is 13.0. The first-order valence-electron chi connectivity index (χ1n) is 5.68. The number of aryl methyl sites for hydroxylation is 1. The summed E-state index contributed by atoms with van der Waals surface area (Å²) >= 11 is 1.15. The van der Waals surface area contributed by atoms with Gasteiger partial charge in [0.05, 0.1) is 5.69 Å². The van der Waals surface area contributed by atoms with Crippen molar-refractivity contribution in [2.75, 3.05) is 7.05 Å². The Bertz CT molecular complexity index is 526. The van der Waals surface area contributed by atoms with E-state index in [-0.39, 0.29) is 5.91 Å². The number of nitrogens with zero attached hydrogens (tertiary/aromatic N) is 4. The van der Waals surface area contributed by atoms with Gasteiger partial charge in [-0.05, 0) is 29.6 Å². The van der Waals surface area contributed by atoms with E-state index in [1.807, 2.05) is 19.1 Å². The van der Waals surface area contributed by atoms with Crippen LogP contribution in [0, 0.1) is 0 Å². The van der Waals surface area contributed by atoms with Crippen LogP contribution in [0.15, 0.2) is 24.5 Å². The lowest BCUT2D eigenvalue weighted by Gasteiger charge is -2.16. The highest BCUT2D eigenvalue weighted by Crippen LogP contribution is 2.14. The molecule has 5 nitrogen and oxygen atoms in total. The molecule has 0 saturated carbocycles. The molecule has 0 saturated heterocycles. The summed E-state index contributed by atoms with van der Waals surface area (Å²) < 4.78 is 3.84. The molecule has 18 heavy (non-hydrogen) atoms. The minimum absolute atomic E-state index is 0.0364. The Hall–Kier alpha value is -1.82. The fourth-order valence-electron chi connectivity index (χ4n) is 1.61. The predicted octanol–water partition coefficient (Wildman–Crippen LogP) is 1.77. The van der Waals surface area contributed by atoms with Gasteiger partial charge in [-0.2, -0.15) is 0 Å². The normalized spacial score (nSPS) is 10.3. The number of hydrogen-bond acceptors (Lipinski definition) is 5. The van der Waals surface area contributed by atoms with Gasteiger partial charge in [-0.25, -0.2) is 0 Å². The molecule has 94 valence electrons. The van der Waals surface area contributed by atoms with Gasteiger partial charge in [0, 0.05) is 26.0 Å². The van der Waals surface area contributed by atoms with Crippen LogP contribution in [0.4, 0.5) is 0 Å². The maximum Gasteiger partial charge on any atom is 0.267 e. The van der Waals surface area contributed by atoms with Crippen molar-refractivity contribution in [2.45, 2.75) is 19.9 Å². The first-order valence-corrected chi connectivity index (χ1v) is 6.45. The zero-order valence-electron chi connectivity index (χ0n) is 10.3. The third-order valence-electron chi connectivity index (χ3n) is 2.57. The van der Waals surface area contributed by atoms with E-state index in [1.54, 1.807) is 24.3 Å². The van der Waals surface area contributed by atoms with Crippen molar-refractivity contribution in [1.29, 1.82) is 0 Å². The molecule has 2 aromatic heterocycles. The number of hydrogen-bond donors (Lipinski definition) is 0. The molecule has 2 rings (SSSR count). The van der Waals surface area contributed by atoms with Crippen LogP contribution in [0.1, 0.15) is 27.9 Å². The second kappa shape index (κ2) is 5.68. The highest BCUT2D eigenvalue weighted by atomic mass is 32.1. The van der Waals surface area contributed by atoms with E-state index in [0.717, 1.165) is 29.2 Å². The Labute approximate surface area is 110 Å². The van der Waals surface area contributed by atoms with Gasteiger partial charge in [-0.3, -0.25) is 9.78 Å². The molecule has 0 N–H and O–H groups in total. The maximum atomic E-state index is 12.2. The Morgan fingerprint density at radius 3 is 3.00 bits per heavy atom. The number of aromatic nitrogens is 3. The van der Waals surface area contributed by atoms with Crippen molar-refractivity contribution < 1.29 is 4.79 Å². The topological polar surface area (TPSA) is 59.0 Å². The van der Waals surface area contributed by atoms with Crippen LogP contribution in [0.2, 0.25) is 0 Å². The van der Waals surface area contributed by atoms with E-state index in [2.05, 4.69) is 14.6 Å².